The molecule has 2 fully saturated rings. The van der Waals surface area contributed by atoms with Crippen molar-refractivity contribution >= 4 is 23.3 Å². The molecule has 1 amide bonds. The lowest BCUT2D eigenvalue weighted by atomic mass is 10.1. The minimum atomic E-state index is -1.04. The molecule has 1 unspecified atom stereocenters. The summed E-state index contributed by atoms with van der Waals surface area (Å²) in [5.74, 6) is -1.52. The topological polar surface area (TPSA) is 113 Å². The number of nitro groups is 1. The fourth-order valence-corrected chi connectivity index (χ4v) is 2.82. The Bertz CT molecular complexity index is 671. The fraction of sp³-hybridized carbons (Fsp3) is 0.467. The highest BCUT2D eigenvalue weighted by Gasteiger charge is 2.35. The van der Waals surface area contributed by atoms with Gasteiger partial charge in [0.15, 0.2) is 0 Å². The van der Waals surface area contributed by atoms with E-state index in [9.17, 15) is 19.7 Å². The third-order valence-electron chi connectivity index (χ3n) is 4.18. The van der Waals surface area contributed by atoms with E-state index >= 15 is 0 Å². The summed E-state index contributed by atoms with van der Waals surface area (Å²) in [6.45, 7) is 0.353. The number of nitrogens with zero attached hydrogens (tertiary/aromatic N) is 2. The Balaban J connectivity index is 1.87. The smallest absolute Gasteiger partial charge is 0.326 e. The van der Waals surface area contributed by atoms with Crippen molar-refractivity contribution in [3.05, 3.63) is 33.9 Å². The standard InChI is InChI=1S/C15H17N3O5/c19-14(17-7-1-2-12(17)15(20)21)9-3-6-11(16-10-4-5-10)13(8-9)18(22)23/h3,6,8,10,12,16H,1-2,4-5,7H2,(H,20,21). The van der Waals surface area contributed by atoms with Gasteiger partial charge in [0.25, 0.3) is 11.6 Å². The van der Waals surface area contributed by atoms with Gasteiger partial charge in [0.1, 0.15) is 11.7 Å². The molecule has 0 bridgehead atoms. The van der Waals surface area contributed by atoms with Crippen LogP contribution in [0.4, 0.5) is 11.4 Å². The number of aliphatic carboxylic acids is 1. The molecule has 23 heavy (non-hydrogen) atoms. The van der Waals surface area contributed by atoms with Crippen molar-refractivity contribution in [3.8, 4) is 0 Å². The van der Waals surface area contributed by atoms with Crippen molar-refractivity contribution in [2.45, 2.75) is 37.8 Å². The van der Waals surface area contributed by atoms with Crippen LogP contribution in [0.3, 0.4) is 0 Å². The Hall–Kier alpha value is -2.64. The van der Waals surface area contributed by atoms with Gasteiger partial charge in [-0.3, -0.25) is 14.9 Å². The molecule has 122 valence electrons. The van der Waals surface area contributed by atoms with Crippen LogP contribution in [0.5, 0.6) is 0 Å². The molecule has 2 aliphatic rings. The van der Waals surface area contributed by atoms with Gasteiger partial charge in [-0.15, -0.1) is 0 Å². The molecule has 1 heterocycles. The van der Waals surface area contributed by atoms with Gasteiger partial charge in [0.2, 0.25) is 0 Å². The lowest BCUT2D eigenvalue weighted by Gasteiger charge is -2.21. The van der Waals surface area contributed by atoms with Gasteiger partial charge in [0, 0.05) is 24.2 Å². The third-order valence-corrected chi connectivity index (χ3v) is 4.18. The van der Waals surface area contributed by atoms with E-state index in [1.54, 1.807) is 0 Å². The second-order valence-corrected chi connectivity index (χ2v) is 5.90. The van der Waals surface area contributed by atoms with E-state index in [0.29, 0.717) is 25.1 Å². The van der Waals surface area contributed by atoms with E-state index in [1.807, 2.05) is 0 Å². The zero-order chi connectivity index (χ0) is 16.6. The van der Waals surface area contributed by atoms with Crippen LogP contribution in [-0.4, -0.2) is 45.4 Å². The number of carboxylic acid groups (broad SMARTS) is 1. The van der Waals surface area contributed by atoms with Crippen molar-refractivity contribution in [2.24, 2.45) is 0 Å². The fourth-order valence-electron chi connectivity index (χ4n) is 2.82. The Labute approximate surface area is 132 Å². The quantitative estimate of drug-likeness (QED) is 0.632. The maximum absolute atomic E-state index is 12.5. The van der Waals surface area contributed by atoms with Gasteiger partial charge in [0.05, 0.1) is 4.92 Å². The van der Waals surface area contributed by atoms with E-state index in [0.717, 1.165) is 12.8 Å². The molecule has 8 heteroatoms. The van der Waals surface area contributed by atoms with Crippen molar-refractivity contribution in [3.63, 3.8) is 0 Å². The number of anilines is 1. The van der Waals surface area contributed by atoms with Gasteiger partial charge in [-0.25, -0.2) is 4.79 Å². The summed E-state index contributed by atoms with van der Waals surface area (Å²) in [6, 6.07) is 3.66. The number of hydrogen-bond donors (Lipinski definition) is 2. The summed E-state index contributed by atoms with van der Waals surface area (Å²) < 4.78 is 0. The summed E-state index contributed by atoms with van der Waals surface area (Å²) in [5, 5.41) is 23.5. The van der Waals surface area contributed by atoms with E-state index < -0.39 is 22.8 Å². The molecule has 1 aliphatic heterocycles. The molecule has 1 aliphatic carbocycles. The Kier molecular flexibility index (Phi) is 3.89. The molecule has 3 rings (SSSR count). The summed E-state index contributed by atoms with van der Waals surface area (Å²) >= 11 is 0. The zero-order valence-corrected chi connectivity index (χ0v) is 12.4. The van der Waals surface area contributed by atoms with Crippen LogP contribution in [0.1, 0.15) is 36.0 Å². The first-order chi connectivity index (χ1) is 11.0. The van der Waals surface area contributed by atoms with Crippen molar-refractivity contribution in [1.82, 2.24) is 4.90 Å². The van der Waals surface area contributed by atoms with Gasteiger partial charge in [-0.1, -0.05) is 0 Å². The average molecular weight is 319 g/mol. The number of nitro benzene ring substituents is 1. The molecule has 8 nitrogen and oxygen atoms in total. The highest BCUT2D eigenvalue weighted by molar-refractivity contribution is 5.98. The number of carbonyl (C=O) groups excluding carboxylic acids is 1. The van der Waals surface area contributed by atoms with Gasteiger partial charge in [-0.05, 0) is 37.8 Å². The number of benzene rings is 1. The highest BCUT2D eigenvalue weighted by atomic mass is 16.6. The Morgan fingerprint density at radius 3 is 2.65 bits per heavy atom. The lowest BCUT2D eigenvalue weighted by molar-refractivity contribution is -0.384. The molecular formula is C15H17N3O5. The van der Waals surface area contributed by atoms with Crippen molar-refractivity contribution in [1.29, 1.82) is 0 Å². The second kappa shape index (κ2) is 5.86. The molecule has 1 aromatic carbocycles. The maximum atomic E-state index is 12.5. The summed E-state index contributed by atoms with van der Waals surface area (Å²) in [4.78, 5) is 35.7. The Morgan fingerprint density at radius 1 is 1.30 bits per heavy atom. The van der Waals surface area contributed by atoms with Crippen molar-refractivity contribution in [2.75, 3.05) is 11.9 Å². The van der Waals surface area contributed by atoms with Gasteiger partial charge >= 0.3 is 5.97 Å². The van der Waals surface area contributed by atoms with Crippen molar-refractivity contribution < 1.29 is 19.6 Å². The summed E-state index contributed by atoms with van der Waals surface area (Å²) in [6.07, 6.45) is 2.98. The maximum Gasteiger partial charge on any atom is 0.326 e. The molecule has 1 saturated carbocycles. The molecule has 1 aromatic rings. The minimum Gasteiger partial charge on any atom is -0.480 e. The van der Waals surface area contributed by atoms with E-state index in [1.165, 1.54) is 23.1 Å². The van der Waals surface area contributed by atoms with E-state index in [-0.39, 0.29) is 17.3 Å². The number of nitrogens with one attached hydrogen (secondary N) is 1. The molecule has 0 aromatic heterocycles. The van der Waals surface area contributed by atoms with Crippen LogP contribution in [0, 0.1) is 10.1 Å². The summed E-state index contributed by atoms with van der Waals surface area (Å²) in [7, 11) is 0. The van der Waals surface area contributed by atoms with Crippen LogP contribution < -0.4 is 5.32 Å². The van der Waals surface area contributed by atoms with Crippen LogP contribution in [0.2, 0.25) is 0 Å². The van der Waals surface area contributed by atoms with Gasteiger partial charge < -0.3 is 15.3 Å². The molecule has 1 saturated heterocycles. The predicted molar refractivity (Wildman–Crippen MR) is 81.4 cm³/mol. The molecule has 0 spiro atoms. The third kappa shape index (κ3) is 3.10. The number of hydrogen-bond acceptors (Lipinski definition) is 5. The highest BCUT2D eigenvalue weighted by Crippen LogP contribution is 2.32. The number of amides is 1. The Morgan fingerprint density at radius 2 is 2.04 bits per heavy atom. The monoisotopic (exact) mass is 319 g/mol. The number of carboxylic acids is 1. The molecule has 2 N–H and O–H groups in total. The zero-order valence-electron chi connectivity index (χ0n) is 12.4. The lowest BCUT2D eigenvalue weighted by Crippen LogP contribution is -2.40. The van der Waals surface area contributed by atoms with Crippen LogP contribution in [0.15, 0.2) is 18.2 Å². The first kappa shape index (κ1) is 15.3. The minimum absolute atomic E-state index is 0.145. The van der Waals surface area contributed by atoms with Crippen LogP contribution in [0.25, 0.3) is 0 Å². The molecule has 1 atom stereocenters. The average Bonchev–Trinajstić information content (AvgIpc) is 3.18. The SMILES string of the molecule is O=C(O)C1CCCN1C(=O)c1ccc(NC2CC2)c([N+](=O)[O-])c1. The van der Waals surface area contributed by atoms with Crippen LogP contribution >= 0.6 is 0 Å². The number of carbonyl (C=O) groups is 2. The largest absolute Gasteiger partial charge is 0.480 e. The second-order valence-electron chi connectivity index (χ2n) is 5.90. The van der Waals surface area contributed by atoms with E-state index in [4.69, 9.17) is 5.11 Å². The predicted octanol–water partition coefficient (Wildman–Crippen LogP) is 1.86. The summed E-state index contributed by atoms with van der Waals surface area (Å²) in [5.41, 5.74) is 0.380. The molecule has 0 radical (unpaired) electrons. The number of rotatable bonds is 5. The first-order valence-electron chi connectivity index (χ1n) is 7.56. The van der Waals surface area contributed by atoms with E-state index in [2.05, 4.69) is 5.32 Å². The van der Waals surface area contributed by atoms with Gasteiger partial charge in [-0.2, -0.15) is 0 Å². The normalized spacial score (nSPS) is 20.3. The first-order valence-corrected chi connectivity index (χ1v) is 7.56. The van der Waals surface area contributed by atoms with Crippen LogP contribution in [-0.2, 0) is 4.79 Å². The number of likely N-dealkylation sites (tertiary alicyclic amines) is 1. The molecular weight excluding hydrogens is 302 g/mol.